The summed E-state index contributed by atoms with van der Waals surface area (Å²) in [5.74, 6) is 0.180. The molecule has 106 valence electrons. The first-order valence-corrected chi connectivity index (χ1v) is 8.00. The summed E-state index contributed by atoms with van der Waals surface area (Å²) in [5.41, 5.74) is 0. The maximum absolute atomic E-state index is 12.2. The predicted molar refractivity (Wildman–Crippen MR) is 82.5 cm³/mol. The Labute approximate surface area is 126 Å². The molecule has 1 aliphatic heterocycles. The van der Waals surface area contributed by atoms with Gasteiger partial charge in [0.15, 0.2) is 0 Å². The number of nitrogens with one attached hydrogen (secondary N) is 1. The van der Waals surface area contributed by atoms with Crippen molar-refractivity contribution in [2.45, 2.75) is 19.5 Å². The molecule has 0 aromatic carbocycles. The van der Waals surface area contributed by atoms with E-state index >= 15 is 0 Å². The molecule has 4 nitrogen and oxygen atoms in total. The van der Waals surface area contributed by atoms with Gasteiger partial charge >= 0.3 is 0 Å². The molecule has 2 rings (SSSR count). The number of carbonyl (C=O) groups is 1. The Bertz CT molecular complexity index is 441. The maximum atomic E-state index is 12.2. The molecule has 0 spiro atoms. The number of carbonyl (C=O) groups excluding carboxylic acids is 1. The second kappa shape index (κ2) is 6.35. The Morgan fingerprint density at radius 2 is 2.37 bits per heavy atom. The number of nitrogens with zero attached hydrogens (tertiary/aromatic N) is 2. The minimum atomic E-state index is -0.0510. The molecule has 1 atom stereocenters. The topological polar surface area (TPSA) is 35.6 Å². The number of rotatable bonds is 3. The lowest BCUT2D eigenvalue weighted by Gasteiger charge is -2.36. The van der Waals surface area contributed by atoms with Gasteiger partial charge in [-0.3, -0.25) is 9.69 Å². The van der Waals surface area contributed by atoms with Crippen LogP contribution < -0.4 is 5.32 Å². The Morgan fingerprint density at radius 1 is 1.63 bits per heavy atom. The molecular weight excluding hydrogens is 326 g/mol. The smallest absolute Gasteiger partial charge is 0.240 e. The highest BCUT2D eigenvalue weighted by atomic mass is 79.9. The van der Waals surface area contributed by atoms with Gasteiger partial charge in [0.05, 0.1) is 0 Å². The molecule has 6 heteroatoms. The predicted octanol–water partition coefficient (Wildman–Crippen LogP) is 1.68. The summed E-state index contributed by atoms with van der Waals surface area (Å²) in [6, 6.07) is 2.11. The van der Waals surface area contributed by atoms with Gasteiger partial charge in [0.2, 0.25) is 5.91 Å². The van der Waals surface area contributed by atoms with Crippen LogP contribution in [0.4, 0.5) is 0 Å². The zero-order valence-corrected chi connectivity index (χ0v) is 14.0. The number of piperazine rings is 1. The Kier molecular flexibility index (Phi) is 5.00. The lowest BCUT2D eigenvalue weighted by molar-refractivity contribution is -0.135. The zero-order chi connectivity index (χ0) is 14.0. The summed E-state index contributed by atoms with van der Waals surface area (Å²) in [7, 11) is 3.64. The Balaban J connectivity index is 2.09. The van der Waals surface area contributed by atoms with Gasteiger partial charge in [-0.05, 0) is 28.9 Å². The van der Waals surface area contributed by atoms with Crippen LogP contribution in [0.3, 0.4) is 0 Å². The van der Waals surface area contributed by atoms with Gasteiger partial charge in [-0.25, -0.2) is 0 Å². The van der Waals surface area contributed by atoms with Gasteiger partial charge in [-0.15, -0.1) is 11.3 Å². The third-order valence-electron chi connectivity index (χ3n) is 3.35. The van der Waals surface area contributed by atoms with Crippen LogP contribution in [0.15, 0.2) is 10.5 Å². The van der Waals surface area contributed by atoms with Crippen molar-refractivity contribution in [3.8, 4) is 0 Å². The Morgan fingerprint density at radius 3 is 2.95 bits per heavy atom. The average Bonchev–Trinajstić information content (AvgIpc) is 2.68. The lowest BCUT2D eigenvalue weighted by atomic mass is 10.1. The largest absolute Gasteiger partial charge is 0.347 e. The van der Waals surface area contributed by atoms with Crippen molar-refractivity contribution in [2.24, 2.45) is 0 Å². The van der Waals surface area contributed by atoms with Gasteiger partial charge < -0.3 is 10.2 Å². The van der Waals surface area contributed by atoms with E-state index in [1.54, 1.807) is 16.2 Å². The van der Waals surface area contributed by atoms with Crippen LogP contribution >= 0.6 is 27.3 Å². The molecule has 1 N–H and O–H groups in total. The maximum Gasteiger partial charge on any atom is 0.240 e. The van der Waals surface area contributed by atoms with E-state index in [1.807, 2.05) is 14.1 Å². The molecule has 1 fully saturated rings. The van der Waals surface area contributed by atoms with Crippen LogP contribution in [0.5, 0.6) is 0 Å². The van der Waals surface area contributed by atoms with Crippen molar-refractivity contribution >= 4 is 33.2 Å². The minimum Gasteiger partial charge on any atom is -0.347 e. The van der Waals surface area contributed by atoms with Crippen LogP contribution in [0.1, 0.15) is 9.75 Å². The molecule has 19 heavy (non-hydrogen) atoms. The van der Waals surface area contributed by atoms with Gasteiger partial charge in [0.25, 0.3) is 0 Å². The molecule has 1 amide bonds. The van der Waals surface area contributed by atoms with Crippen molar-refractivity contribution in [3.05, 3.63) is 20.3 Å². The molecule has 0 aliphatic carbocycles. The third kappa shape index (κ3) is 3.56. The summed E-state index contributed by atoms with van der Waals surface area (Å²) in [6.07, 6.45) is 0. The van der Waals surface area contributed by atoms with E-state index in [1.165, 1.54) is 9.75 Å². The van der Waals surface area contributed by atoms with Gasteiger partial charge in [0, 0.05) is 54.5 Å². The highest BCUT2D eigenvalue weighted by molar-refractivity contribution is 9.10. The van der Waals surface area contributed by atoms with E-state index < -0.39 is 0 Å². The number of hydrogen-bond acceptors (Lipinski definition) is 4. The quantitative estimate of drug-likeness (QED) is 0.905. The molecule has 0 radical (unpaired) electrons. The highest BCUT2D eigenvalue weighted by Crippen LogP contribution is 2.28. The van der Waals surface area contributed by atoms with Crippen molar-refractivity contribution in [1.82, 2.24) is 15.1 Å². The standard InChI is InChI=1S/C13H20BrN3OS/c1-9-11(14)6-10(19-9)8-17-5-4-15-7-12(17)13(18)16(2)3/h6,12,15H,4-5,7-8H2,1-3H3. The fraction of sp³-hybridized carbons (Fsp3) is 0.615. The lowest BCUT2D eigenvalue weighted by Crippen LogP contribution is -2.57. The number of thiophene rings is 1. The van der Waals surface area contributed by atoms with Crippen molar-refractivity contribution in [2.75, 3.05) is 33.7 Å². The van der Waals surface area contributed by atoms with Crippen LogP contribution in [0.2, 0.25) is 0 Å². The fourth-order valence-corrected chi connectivity index (χ4v) is 3.90. The Hall–Kier alpha value is -0.430. The second-order valence-electron chi connectivity index (χ2n) is 5.04. The highest BCUT2D eigenvalue weighted by Gasteiger charge is 2.29. The van der Waals surface area contributed by atoms with E-state index in [0.717, 1.165) is 30.7 Å². The second-order valence-corrected chi connectivity index (χ2v) is 7.24. The van der Waals surface area contributed by atoms with Crippen molar-refractivity contribution < 1.29 is 4.79 Å². The van der Waals surface area contributed by atoms with Gasteiger partial charge in [0.1, 0.15) is 6.04 Å². The summed E-state index contributed by atoms with van der Waals surface area (Å²) in [6.45, 7) is 5.56. The zero-order valence-electron chi connectivity index (χ0n) is 11.6. The van der Waals surface area contributed by atoms with Crippen LogP contribution in [-0.4, -0.2) is 55.5 Å². The van der Waals surface area contributed by atoms with E-state index in [2.05, 4.69) is 39.1 Å². The van der Waals surface area contributed by atoms with E-state index in [-0.39, 0.29) is 11.9 Å². The van der Waals surface area contributed by atoms with E-state index in [9.17, 15) is 4.79 Å². The first-order chi connectivity index (χ1) is 8.99. The summed E-state index contributed by atoms with van der Waals surface area (Å²) >= 11 is 5.35. The third-order valence-corrected chi connectivity index (χ3v) is 5.47. The molecule has 1 aromatic rings. The van der Waals surface area contributed by atoms with Crippen molar-refractivity contribution in [3.63, 3.8) is 0 Å². The average molecular weight is 346 g/mol. The summed E-state index contributed by atoms with van der Waals surface area (Å²) in [4.78, 5) is 18.8. The summed E-state index contributed by atoms with van der Waals surface area (Å²) in [5, 5.41) is 3.31. The molecule has 2 heterocycles. The molecule has 1 unspecified atom stereocenters. The fourth-order valence-electron chi connectivity index (χ4n) is 2.27. The first-order valence-electron chi connectivity index (χ1n) is 6.39. The van der Waals surface area contributed by atoms with Crippen LogP contribution in [0, 0.1) is 6.92 Å². The number of amides is 1. The number of likely N-dealkylation sites (N-methyl/N-ethyl adjacent to an activating group) is 1. The first kappa shape index (κ1) is 15.0. The van der Waals surface area contributed by atoms with E-state index in [4.69, 9.17) is 0 Å². The summed E-state index contributed by atoms with van der Waals surface area (Å²) < 4.78 is 1.16. The molecule has 1 aromatic heterocycles. The van der Waals surface area contributed by atoms with Crippen LogP contribution in [-0.2, 0) is 11.3 Å². The van der Waals surface area contributed by atoms with Crippen LogP contribution in [0.25, 0.3) is 0 Å². The normalized spacial score (nSPS) is 20.5. The molecule has 1 aliphatic rings. The van der Waals surface area contributed by atoms with Gasteiger partial charge in [-0.1, -0.05) is 0 Å². The number of hydrogen-bond donors (Lipinski definition) is 1. The van der Waals surface area contributed by atoms with Gasteiger partial charge in [-0.2, -0.15) is 0 Å². The monoisotopic (exact) mass is 345 g/mol. The molecule has 1 saturated heterocycles. The number of halogens is 1. The van der Waals surface area contributed by atoms with Crippen molar-refractivity contribution in [1.29, 1.82) is 0 Å². The number of aryl methyl sites for hydroxylation is 1. The molecule has 0 saturated carbocycles. The molecule has 0 bridgehead atoms. The molecular formula is C13H20BrN3OS. The minimum absolute atomic E-state index is 0.0510. The SMILES string of the molecule is Cc1sc(CN2CCNCC2C(=O)N(C)C)cc1Br. The van der Waals surface area contributed by atoms with E-state index in [0.29, 0.717) is 0 Å².